The molecule has 0 radical (unpaired) electrons. The third-order valence-electron chi connectivity index (χ3n) is 4.73. The van der Waals surface area contributed by atoms with Gasteiger partial charge < -0.3 is 10.2 Å². The lowest BCUT2D eigenvalue weighted by Crippen LogP contribution is -2.55. The van der Waals surface area contributed by atoms with Crippen molar-refractivity contribution >= 4 is 0 Å². The van der Waals surface area contributed by atoms with Crippen molar-refractivity contribution in [3.8, 4) is 0 Å². The standard InChI is InChI=1S/C17H38N4/c1-16(2,3)20(15-14-19(6)7)11-8-17(4,5)21-12-9-18-10-13-21/h18H,8-15H2,1-7H3. The van der Waals surface area contributed by atoms with Gasteiger partial charge in [-0.05, 0) is 55.1 Å². The number of hydrogen-bond donors (Lipinski definition) is 1. The van der Waals surface area contributed by atoms with Crippen molar-refractivity contribution in [2.24, 2.45) is 0 Å². The zero-order valence-corrected chi connectivity index (χ0v) is 15.5. The second-order valence-corrected chi connectivity index (χ2v) is 8.26. The SMILES string of the molecule is CN(C)CCN(CCC(C)(C)N1CCNCC1)C(C)(C)C. The molecule has 1 aliphatic heterocycles. The number of hydrogen-bond acceptors (Lipinski definition) is 4. The highest BCUT2D eigenvalue weighted by atomic mass is 15.3. The van der Waals surface area contributed by atoms with Crippen molar-refractivity contribution in [1.29, 1.82) is 0 Å². The second kappa shape index (κ2) is 7.91. The number of rotatable bonds is 7. The largest absolute Gasteiger partial charge is 0.314 e. The molecule has 0 aromatic rings. The van der Waals surface area contributed by atoms with Crippen molar-refractivity contribution in [2.75, 3.05) is 59.9 Å². The highest BCUT2D eigenvalue weighted by molar-refractivity contribution is 4.87. The molecule has 0 unspecified atom stereocenters. The lowest BCUT2D eigenvalue weighted by molar-refractivity contribution is 0.0600. The number of piperazine rings is 1. The minimum absolute atomic E-state index is 0.246. The molecule has 0 saturated carbocycles. The van der Waals surface area contributed by atoms with Crippen molar-refractivity contribution in [3.05, 3.63) is 0 Å². The van der Waals surface area contributed by atoms with Crippen LogP contribution in [0.1, 0.15) is 41.0 Å². The Morgan fingerprint density at radius 2 is 1.48 bits per heavy atom. The van der Waals surface area contributed by atoms with E-state index < -0.39 is 0 Å². The Kier molecular flexibility index (Phi) is 7.11. The van der Waals surface area contributed by atoms with E-state index in [1.807, 2.05) is 0 Å². The van der Waals surface area contributed by atoms with Gasteiger partial charge in [-0.2, -0.15) is 0 Å². The van der Waals surface area contributed by atoms with Gasteiger partial charge in [0, 0.05) is 56.9 Å². The molecule has 4 heteroatoms. The lowest BCUT2D eigenvalue weighted by Gasteiger charge is -2.44. The van der Waals surface area contributed by atoms with Gasteiger partial charge in [0.25, 0.3) is 0 Å². The van der Waals surface area contributed by atoms with Crippen molar-refractivity contribution < 1.29 is 0 Å². The van der Waals surface area contributed by atoms with Crippen LogP contribution in [0.2, 0.25) is 0 Å². The Balaban J connectivity index is 2.53. The predicted octanol–water partition coefficient (Wildman–Crippen LogP) is 1.72. The Bertz CT molecular complexity index is 288. The Morgan fingerprint density at radius 3 is 1.95 bits per heavy atom. The van der Waals surface area contributed by atoms with E-state index in [0.29, 0.717) is 5.54 Å². The quantitative estimate of drug-likeness (QED) is 0.772. The number of nitrogens with zero attached hydrogens (tertiary/aromatic N) is 3. The van der Waals surface area contributed by atoms with Crippen LogP contribution in [0.15, 0.2) is 0 Å². The lowest BCUT2D eigenvalue weighted by atomic mass is 9.95. The minimum atomic E-state index is 0.246. The van der Waals surface area contributed by atoms with Gasteiger partial charge in [-0.15, -0.1) is 0 Å². The first-order valence-electron chi connectivity index (χ1n) is 8.48. The van der Waals surface area contributed by atoms with E-state index in [2.05, 4.69) is 68.7 Å². The summed E-state index contributed by atoms with van der Waals surface area (Å²) in [6.45, 7) is 19.9. The van der Waals surface area contributed by atoms with Gasteiger partial charge >= 0.3 is 0 Å². The molecule has 0 bridgehead atoms. The van der Waals surface area contributed by atoms with Crippen LogP contribution in [0.4, 0.5) is 0 Å². The van der Waals surface area contributed by atoms with Crippen LogP contribution in [-0.2, 0) is 0 Å². The van der Waals surface area contributed by atoms with E-state index in [4.69, 9.17) is 0 Å². The molecule has 4 nitrogen and oxygen atoms in total. The third-order valence-corrected chi connectivity index (χ3v) is 4.73. The van der Waals surface area contributed by atoms with Gasteiger partial charge in [0.1, 0.15) is 0 Å². The topological polar surface area (TPSA) is 21.8 Å². The Morgan fingerprint density at radius 1 is 0.905 bits per heavy atom. The first-order valence-corrected chi connectivity index (χ1v) is 8.48. The summed E-state index contributed by atoms with van der Waals surface area (Å²) >= 11 is 0. The number of likely N-dealkylation sites (N-methyl/N-ethyl adjacent to an activating group) is 1. The molecule has 0 aliphatic carbocycles. The zero-order chi connectivity index (χ0) is 16.1. The fourth-order valence-electron chi connectivity index (χ4n) is 2.94. The van der Waals surface area contributed by atoms with Crippen molar-refractivity contribution in [1.82, 2.24) is 20.0 Å². The summed E-state index contributed by atoms with van der Waals surface area (Å²) in [4.78, 5) is 7.56. The fraction of sp³-hybridized carbons (Fsp3) is 1.00. The first kappa shape index (κ1) is 18.9. The van der Waals surface area contributed by atoms with E-state index in [-0.39, 0.29) is 5.54 Å². The average Bonchev–Trinajstić information content (AvgIpc) is 2.37. The van der Waals surface area contributed by atoms with E-state index in [0.717, 1.165) is 26.2 Å². The summed E-state index contributed by atoms with van der Waals surface area (Å²) in [6.07, 6.45) is 1.23. The van der Waals surface area contributed by atoms with E-state index in [1.54, 1.807) is 0 Å². The van der Waals surface area contributed by atoms with Crippen LogP contribution in [0.5, 0.6) is 0 Å². The highest BCUT2D eigenvalue weighted by Gasteiger charge is 2.30. The predicted molar refractivity (Wildman–Crippen MR) is 93.0 cm³/mol. The minimum Gasteiger partial charge on any atom is -0.314 e. The highest BCUT2D eigenvalue weighted by Crippen LogP contribution is 2.22. The van der Waals surface area contributed by atoms with Crippen LogP contribution in [0, 0.1) is 0 Å². The molecule has 0 spiro atoms. The molecule has 1 heterocycles. The summed E-state index contributed by atoms with van der Waals surface area (Å²) in [5, 5.41) is 3.45. The first-order chi connectivity index (χ1) is 9.63. The molecule has 1 fully saturated rings. The van der Waals surface area contributed by atoms with Gasteiger partial charge in [-0.3, -0.25) is 9.80 Å². The summed E-state index contributed by atoms with van der Waals surface area (Å²) in [6, 6.07) is 0. The molecule has 1 rings (SSSR count). The normalized spacial score (nSPS) is 18.7. The van der Waals surface area contributed by atoms with Gasteiger partial charge in [-0.25, -0.2) is 0 Å². The zero-order valence-electron chi connectivity index (χ0n) is 15.5. The molecule has 0 atom stereocenters. The summed E-state index contributed by atoms with van der Waals surface area (Å²) in [5.74, 6) is 0. The van der Waals surface area contributed by atoms with Crippen molar-refractivity contribution in [2.45, 2.75) is 52.1 Å². The van der Waals surface area contributed by atoms with Crippen LogP contribution in [0.3, 0.4) is 0 Å². The molecular formula is C17H38N4. The van der Waals surface area contributed by atoms with Crippen LogP contribution in [-0.4, -0.2) is 85.7 Å². The Labute approximate surface area is 132 Å². The summed E-state index contributed by atoms with van der Waals surface area (Å²) in [5.41, 5.74) is 0.541. The summed E-state index contributed by atoms with van der Waals surface area (Å²) < 4.78 is 0. The van der Waals surface area contributed by atoms with E-state index in [1.165, 1.54) is 26.1 Å². The van der Waals surface area contributed by atoms with Gasteiger partial charge in [0.15, 0.2) is 0 Å². The maximum absolute atomic E-state index is 3.45. The van der Waals surface area contributed by atoms with Crippen LogP contribution < -0.4 is 5.32 Å². The molecule has 1 aliphatic rings. The molecule has 0 aromatic heterocycles. The van der Waals surface area contributed by atoms with Crippen LogP contribution >= 0.6 is 0 Å². The molecule has 0 amide bonds. The molecule has 1 saturated heterocycles. The van der Waals surface area contributed by atoms with Crippen molar-refractivity contribution in [3.63, 3.8) is 0 Å². The molecule has 21 heavy (non-hydrogen) atoms. The molecule has 126 valence electrons. The maximum atomic E-state index is 3.45. The van der Waals surface area contributed by atoms with Gasteiger partial charge in [0.05, 0.1) is 0 Å². The molecular weight excluding hydrogens is 260 g/mol. The number of nitrogens with one attached hydrogen (secondary N) is 1. The third kappa shape index (κ3) is 6.64. The average molecular weight is 299 g/mol. The summed E-state index contributed by atoms with van der Waals surface area (Å²) in [7, 11) is 4.32. The van der Waals surface area contributed by atoms with E-state index in [9.17, 15) is 0 Å². The smallest absolute Gasteiger partial charge is 0.0166 e. The van der Waals surface area contributed by atoms with Gasteiger partial charge in [-0.1, -0.05) is 0 Å². The second-order valence-electron chi connectivity index (χ2n) is 8.26. The van der Waals surface area contributed by atoms with E-state index >= 15 is 0 Å². The fourth-order valence-corrected chi connectivity index (χ4v) is 2.94. The molecule has 1 N–H and O–H groups in total. The Hall–Kier alpha value is -0.160. The maximum Gasteiger partial charge on any atom is 0.0166 e. The van der Waals surface area contributed by atoms with Crippen LogP contribution in [0.25, 0.3) is 0 Å². The van der Waals surface area contributed by atoms with Gasteiger partial charge in [0.2, 0.25) is 0 Å². The monoisotopic (exact) mass is 298 g/mol. The molecule has 0 aromatic carbocycles.